The summed E-state index contributed by atoms with van der Waals surface area (Å²) in [6.07, 6.45) is 2.71. The van der Waals surface area contributed by atoms with Crippen LogP contribution in [0, 0.1) is 0 Å². The lowest BCUT2D eigenvalue weighted by atomic mass is 9.94. The molecule has 0 heterocycles. The van der Waals surface area contributed by atoms with Crippen molar-refractivity contribution in [2.75, 3.05) is 0 Å². The molecule has 0 atom stereocenters. The van der Waals surface area contributed by atoms with E-state index in [1.54, 1.807) is 12.1 Å². The zero-order valence-corrected chi connectivity index (χ0v) is 12.0. The van der Waals surface area contributed by atoms with Crippen molar-refractivity contribution in [2.45, 2.75) is 51.7 Å². The van der Waals surface area contributed by atoms with Crippen molar-refractivity contribution < 1.29 is 14.3 Å². The van der Waals surface area contributed by atoms with Crippen LogP contribution in [-0.2, 0) is 4.79 Å². The summed E-state index contributed by atoms with van der Waals surface area (Å²) in [6.45, 7) is 3.90. The minimum Gasteiger partial charge on any atom is -0.491 e. The molecule has 1 amide bonds. The van der Waals surface area contributed by atoms with Crippen molar-refractivity contribution in [1.29, 1.82) is 0 Å². The van der Waals surface area contributed by atoms with Crippen LogP contribution in [0.2, 0.25) is 0 Å². The lowest BCUT2D eigenvalue weighted by Gasteiger charge is -2.22. The van der Waals surface area contributed by atoms with Gasteiger partial charge >= 0.3 is 0 Å². The van der Waals surface area contributed by atoms with Gasteiger partial charge in [0.15, 0.2) is 0 Å². The van der Waals surface area contributed by atoms with E-state index in [9.17, 15) is 9.59 Å². The van der Waals surface area contributed by atoms with Gasteiger partial charge in [-0.1, -0.05) is 6.07 Å². The Balaban J connectivity index is 1.96. The largest absolute Gasteiger partial charge is 0.491 e. The number of hydrogen-bond acceptors (Lipinski definition) is 3. The summed E-state index contributed by atoms with van der Waals surface area (Å²) >= 11 is 0. The molecular weight excluding hydrogens is 254 g/mol. The normalized spacial score (nSPS) is 16.2. The molecule has 4 heteroatoms. The van der Waals surface area contributed by atoms with Crippen LogP contribution >= 0.6 is 0 Å². The first kappa shape index (κ1) is 14.6. The number of amides is 1. The molecule has 0 bridgehead atoms. The molecule has 0 spiro atoms. The van der Waals surface area contributed by atoms with Crippen molar-refractivity contribution in [2.24, 2.45) is 0 Å². The van der Waals surface area contributed by atoms with Gasteiger partial charge in [0.05, 0.1) is 6.10 Å². The Hall–Kier alpha value is -1.84. The topological polar surface area (TPSA) is 55.4 Å². The number of Topliss-reactive ketones (excluding diaryl/α,β-unsaturated/α-hetero) is 1. The lowest BCUT2D eigenvalue weighted by Crippen LogP contribution is -2.37. The first-order valence-corrected chi connectivity index (χ1v) is 7.14. The van der Waals surface area contributed by atoms with Gasteiger partial charge in [-0.3, -0.25) is 9.59 Å². The molecule has 1 fully saturated rings. The Morgan fingerprint density at radius 2 is 2.00 bits per heavy atom. The lowest BCUT2D eigenvalue weighted by molar-refractivity contribution is -0.120. The molecule has 1 saturated carbocycles. The molecule has 0 unspecified atom stereocenters. The fourth-order valence-corrected chi connectivity index (χ4v) is 2.34. The zero-order chi connectivity index (χ0) is 14.5. The van der Waals surface area contributed by atoms with Crippen LogP contribution in [0.1, 0.15) is 49.9 Å². The van der Waals surface area contributed by atoms with E-state index in [1.807, 2.05) is 26.0 Å². The monoisotopic (exact) mass is 275 g/mol. The van der Waals surface area contributed by atoms with Crippen molar-refractivity contribution >= 4 is 11.7 Å². The van der Waals surface area contributed by atoms with Gasteiger partial charge in [0, 0.05) is 24.4 Å². The van der Waals surface area contributed by atoms with E-state index in [1.165, 1.54) is 0 Å². The van der Waals surface area contributed by atoms with E-state index in [2.05, 4.69) is 5.32 Å². The molecular formula is C16H21NO3. The Bertz CT molecular complexity index is 486. The maximum atomic E-state index is 12.2. The number of rotatable bonds is 4. The SMILES string of the molecule is CC(C)Oc1cccc(C(=O)NC2CCC(=O)CC2)c1. The summed E-state index contributed by atoms with van der Waals surface area (Å²) in [5, 5.41) is 2.99. The van der Waals surface area contributed by atoms with Gasteiger partial charge in [0.25, 0.3) is 5.91 Å². The first-order valence-electron chi connectivity index (χ1n) is 7.14. The third-order valence-electron chi connectivity index (χ3n) is 3.35. The highest BCUT2D eigenvalue weighted by Crippen LogP contribution is 2.17. The number of hydrogen-bond donors (Lipinski definition) is 1. The van der Waals surface area contributed by atoms with Crippen LogP contribution in [0.5, 0.6) is 5.75 Å². The van der Waals surface area contributed by atoms with Crippen LogP contribution in [-0.4, -0.2) is 23.8 Å². The average molecular weight is 275 g/mol. The van der Waals surface area contributed by atoms with Crippen LogP contribution in [0.15, 0.2) is 24.3 Å². The fraction of sp³-hybridized carbons (Fsp3) is 0.500. The van der Waals surface area contributed by atoms with Gasteiger partial charge < -0.3 is 10.1 Å². The minimum atomic E-state index is -0.0986. The van der Waals surface area contributed by atoms with Crippen LogP contribution in [0.3, 0.4) is 0 Å². The van der Waals surface area contributed by atoms with Gasteiger partial charge in [-0.2, -0.15) is 0 Å². The Morgan fingerprint density at radius 1 is 1.30 bits per heavy atom. The van der Waals surface area contributed by atoms with Gasteiger partial charge in [-0.15, -0.1) is 0 Å². The van der Waals surface area contributed by atoms with Crippen LogP contribution in [0.4, 0.5) is 0 Å². The van der Waals surface area contributed by atoms with Crippen molar-refractivity contribution in [3.05, 3.63) is 29.8 Å². The van der Waals surface area contributed by atoms with Gasteiger partial charge in [0.2, 0.25) is 0 Å². The molecule has 0 aliphatic heterocycles. The fourth-order valence-electron chi connectivity index (χ4n) is 2.34. The number of ether oxygens (including phenoxy) is 1. The van der Waals surface area contributed by atoms with E-state index in [0.29, 0.717) is 29.9 Å². The van der Waals surface area contributed by atoms with Crippen LogP contribution < -0.4 is 10.1 Å². The molecule has 1 aliphatic carbocycles. The Labute approximate surface area is 119 Å². The summed E-state index contributed by atoms with van der Waals surface area (Å²) in [4.78, 5) is 23.4. The van der Waals surface area contributed by atoms with Gasteiger partial charge in [0.1, 0.15) is 11.5 Å². The number of nitrogens with one attached hydrogen (secondary N) is 1. The smallest absolute Gasteiger partial charge is 0.251 e. The third kappa shape index (κ3) is 4.08. The molecule has 1 N–H and O–H groups in total. The second-order valence-electron chi connectivity index (χ2n) is 5.48. The Kier molecular flexibility index (Phi) is 4.77. The maximum absolute atomic E-state index is 12.2. The molecule has 2 rings (SSSR count). The Morgan fingerprint density at radius 3 is 2.65 bits per heavy atom. The van der Waals surface area contributed by atoms with E-state index in [4.69, 9.17) is 4.74 Å². The van der Waals surface area contributed by atoms with Crippen molar-refractivity contribution in [3.63, 3.8) is 0 Å². The quantitative estimate of drug-likeness (QED) is 0.919. The maximum Gasteiger partial charge on any atom is 0.251 e. The third-order valence-corrected chi connectivity index (χ3v) is 3.35. The number of carbonyl (C=O) groups is 2. The molecule has 1 aromatic carbocycles. The van der Waals surface area contributed by atoms with E-state index in [-0.39, 0.29) is 18.1 Å². The molecule has 0 saturated heterocycles. The number of benzene rings is 1. The minimum absolute atomic E-state index is 0.0812. The van der Waals surface area contributed by atoms with Crippen LogP contribution in [0.25, 0.3) is 0 Å². The van der Waals surface area contributed by atoms with Crippen molar-refractivity contribution in [3.8, 4) is 5.75 Å². The van der Waals surface area contributed by atoms with E-state index >= 15 is 0 Å². The predicted molar refractivity (Wildman–Crippen MR) is 76.9 cm³/mol. The van der Waals surface area contributed by atoms with E-state index in [0.717, 1.165) is 12.8 Å². The number of ketones is 1. The zero-order valence-electron chi connectivity index (χ0n) is 12.0. The highest BCUT2D eigenvalue weighted by molar-refractivity contribution is 5.95. The summed E-state index contributed by atoms with van der Waals surface area (Å²) in [7, 11) is 0. The summed E-state index contributed by atoms with van der Waals surface area (Å²) in [5.41, 5.74) is 0.597. The van der Waals surface area contributed by atoms with E-state index < -0.39 is 0 Å². The molecule has 4 nitrogen and oxygen atoms in total. The number of carbonyl (C=O) groups excluding carboxylic acids is 2. The molecule has 20 heavy (non-hydrogen) atoms. The molecule has 0 radical (unpaired) electrons. The summed E-state index contributed by atoms with van der Waals surface area (Å²) in [5.74, 6) is 0.896. The molecule has 108 valence electrons. The highest BCUT2D eigenvalue weighted by atomic mass is 16.5. The second-order valence-corrected chi connectivity index (χ2v) is 5.48. The van der Waals surface area contributed by atoms with Crippen molar-refractivity contribution in [1.82, 2.24) is 5.32 Å². The standard InChI is InChI=1S/C16H21NO3/c1-11(2)20-15-5-3-4-12(10-15)16(19)17-13-6-8-14(18)9-7-13/h3-5,10-11,13H,6-9H2,1-2H3,(H,17,19). The first-order chi connectivity index (χ1) is 9.54. The highest BCUT2D eigenvalue weighted by Gasteiger charge is 2.20. The second kappa shape index (κ2) is 6.55. The molecule has 0 aromatic heterocycles. The van der Waals surface area contributed by atoms with Gasteiger partial charge in [-0.05, 0) is 44.9 Å². The molecule has 1 aliphatic rings. The molecule has 1 aromatic rings. The average Bonchev–Trinajstić information content (AvgIpc) is 2.41. The predicted octanol–water partition coefficient (Wildman–Crippen LogP) is 2.72. The summed E-state index contributed by atoms with van der Waals surface area (Å²) < 4.78 is 5.58. The summed E-state index contributed by atoms with van der Waals surface area (Å²) in [6, 6.07) is 7.29. The van der Waals surface area contributed by atoms with Gasteiger partial charge in [-0.25, -0.2) is 0 Å².